The predicted octanol–water partition coefficient (Wildman–Crippen LogP) is 6.79. The highest BCUT2D eigenvalue weighted by molar-refractivity contribution is 7.73. The molecule has 5 rings (SSSR count). The van der Waals surface area contributed by atoms with Crippen LogP contribution in [0.3, 0.4) is 0 Å². The van der Waals surface area contributed by atoms with Crippen LogP contribution in [0, 0.1) is 0 Å². The van der Waals surface area contributed by atoms with Crippen LogP contribution in [-0.2, 0) is 0 Å². The van der Waals surface area contributed by atoms with Crippen molar-refractivity contribution < 1.29 is 4.79 Å². The summed E-state index contributed by atoms with van der Waals surface area (Å²) < 4.78 is 0. The van der Waals surface area contributed by atoms with Crippen molar-refractivity contribution in [2.24, 2.45) is 5.73 Å². The van der Waals surface area contributed by atoms with Crippen LogP contribution < -0.4 is 16.3 Å². The van der Waals surface area contributed by atoms with Crippen molar-refractivity contribution in [3.05, 3.63) is 60.7 Å². The molecule has 3 fully saturated rings. The second-order valence-electron chi connectivity index (χ2n) is 10.8. The van der Waals surface area contributed by atoms with Crippen molar-refractivity contribution in [3.8, 4) is 0 Å². The van der Waals surface area contributed by atoms with E-state index in [-0.39, 0.29) is 20.0 Å². The number of benzene rings is 2. The van der Waals surface area contributed by atoms with Crippen molar-refractivity contribution in [1.29, 1.82) is 0 Å². The van der Waals surface area contributed by atoms with Gasteiger partial charge in [0.2, 0.25) is 0 Å². The summed E-state index contributed by atoms with van der Waals surface area (Å²) in [6.45, 7) is 0.908. The van der Waals surface area contributed by atoms with Crippen molar-refractivity contribution in [1.82, 2.24) is 4.90 Å². The zero-order chi connectivity index (χ0) is 24.0. The first-order chi connectivity index (χ1) is 17.2. The largest absolute Gasteiger partial charge is 0.351 e. The number of rotatable bonds is 7. The molecule has 2 aliphatic carbocycles. The second-order valence-corrected chi connectivity index (χ2v) is 16.2. The van der Waals surface area contributed by atoms with E-state index in [0.29, 0.717) is 5.66 Å². The van der Waals surface area contributed by atoms with Gasteiger partial charge in [-0.3, -0.25) is 0 Å². The first-order valence-electron chi connectivity index (χ1n) is 13.9. The highest BCUT2D eigenvalue weighted by atomic mass is 31.1. The van der Waals surface area contributed by atoms with Gasteiger partial charge in [0, 0.05) is 12.6 Å². The molecular formula is C30H42N2OP2. The molecule has 0 radical (unpaired) electrons. The first kappa shape index (κ1) is 25.2. The van der Waals surface area contributed by atoms with Crippen LogP contribution in [0.15, 0.2) is 60.7 Å². The average molecular weight is 509 g/mol. The maximum absolute atomic E-state index is 12.7. The quantitative estimate of drug-likeness (QED) is 0.412. The monoisotopic (exact) mass is 508 g/mol. The van der Waals surface area contributed by atoms with E-state index in [9.17, 15) is 4.79 Å². The molecule has 188 valence electrons. The third kappa shape index (κ3) is 6.11. The van der Waals surface area contributed by atoms with E-state index in [1.807, 2.05) is 0 Å². The van der Waals surface area contributed by atoms with E-state index in [1.54, 1.807) is 0 Å². The zero-order valence-corrected chi connectivity index (χ0v) is 22.9. The van der Waals surface area contributed by atoms with Gasteiger partial charge in [-0.25, -0.2) is 4.79 Å². The minimum Gasteiger partial charge on any atom is -0.351 e. The summed E-state index contributed by atoms with van der Waals surface area (Å²) in [5.74, 6) is 0. The zero-order valence-electron chi connectivity index (χ0n) is 21.1. The standard InChI is InChI=1S/C30H42N2OP2/c31-30(33)32-22-29(35(27-17-9-3-10-18-27)28-19-11-4-12-20-28)21-24(32)23-34(25-13-5-1-6-14-25)26-15-7-2-8-16-26/h1-2,5-8,13-16,24,27-29H,3-4,9-12,17-23H2,(H2,31,33). The summed E-state index contributed by atoms with van der Waals surface area (Å²) in [5, 5.41) is 2.81. The topological polar surface area (TPSA) is 46.3 Å². The molecular weight excluding hydrogens is 466 g/mol. The highest BCUT2D eigenvalue weighted by Crippen LogP contribution is 2.61. The SMILES string of the molecule is NC(=O)N1CC(P(C2CCCCC2)C2CCCCC2)CC1CP(c1ccccc1)c1ccccc1. The van der Waals surface area contributed by atoms with Crippen LogP contribution in [-0.4, -0.2) is 46.7 Å². The number of primary amides is 1. The van der Waals surface area contributed by atoms with Crippen LogP contribution in [0.5, 0.6) is 0 Å². The molecule has 2 saturated carbocycles. The molecule has 3 aliphatic rings. The Labute approximate surface area is 214 Å². The van der Waals surface area contributed by atoms with Crippen LogP contribution in [0.1, 0.15) is 70.6 Å². The summed E-state index contributed by atoms with van der Waals surface area (Å²) in [6, 6.07) is 22.0. The van der Waals surface area contributed by atoms with Crippen LogP contribution in [0.25, 0.3) is 0 Å². The lowest BCUT2D eigenvalue weighted by Gasteiger charge is -2.42. The van der Waals surface area contributed by atoms with E-state index in [4.69, 9.17) is 5.73 Å². The van der Waals surface area contributed by atoms with Crippen molar-refractivity contribution in [2.75, 3.05) is 12.7 Å². The van der Waals surface area contributed by atoms with Gasteiger partial charge in [0.1, 0.15) is 0 Å². The number of nitrogens with two attached hydrogens (primary N) is 1. The third-order valence-electron chi connectivity index (χ3n) is 8.62. The van der Waals surface area contributed by atoms with Crippen molar-refractivity contribution in [2.45, 2.75) is 93.6 Å². The Kier molecular flexibility index (Phi) is 8.80. The number of urea groups is 1. The summed E-state index contributed by atoms with van der Waals surface area (Å²) in [4.78, 5) is 14.8. The molecule has 0 aromatic heterocycles. The minimum absolute atomic E-state index is 0.0519. The van der Waals surface area contributed by atoms with Gasteiger partial charge in [0.05, 0.1) is 0 Å². The number of amides is 2. The van der Waals surface area contributed by atoms with Gasteiger partial charge in [-0.15, -0.1) is 0 Å². The van der Waals surface area contributed by atoms with Crippen molar-refractivity contribution >= 4 is 32.5 Å². The fraction of sp³-hybridized carbons (Fsp3) is 0.567. The number of hydrogen-bond donors (Lipinski definition) is 1. The molecule has 2 N–H and O–H groups in total. The molecule has 0 bridgehead atoms. The molecule has 3 nitrogen and oxygen atoms in total. The minimum atomic E-state index is -0.523. The molecule has 1 aliphatic heterocycles. The van der Waals surface area contributed by atoms with E-state index in [2.05, 4.69) is 65.6 Å². The van der Waals surface area contributed by atoms with Gasteiger partial charge in [-0.1, -0.05) is 107 Å². The molecule has 2 aromatic rings. The Morgan fingerprint density at radius 2 is 1.23 bits per heavy atom. The van der Waals surface area contributed by atoms with E-state index in [1.165, 1.54) is 81.2 Å². The lowest BCUT2D eigenvalue weighted by molar-refractivity contribution is 0.206. The molecule has 1 heterocycles. The molecule has 35 heavy (non-hydrogen) atoms. The summed E-state index contributed by atoms with van der Waals surface area (Å²) in [6.07, 6.45) is 16.4. The van der Waals surface area contributed by atoms with Gasteiger partial charge in [0.25, 0.3) is 0 Å². The number of carbonyl (C=O) groups is 1. The average Bonchev–Trinajstić information content (AvgIpc) is 3.33. The number of hydrogen-bond acceptors (Lipinski definition) is 1. The fourth-order valence-electron chi connectivity index (χ4n) is 6.99. The number of nitrogens with zero attached hydrogens (tertiary/aromatic N) is 1. The van der Waals surface area contributed by atoms with E-state index < -0.39 is 7.92 Å². The Morgan fingerprint density at radius 1 is 0.743 bits per heavy atom. The normalized spacial score (nSPS) is 24.3. The van der Waals surface area contributed by atoms with E-state index in [0.717, 1.165) is 24.0 Å². The van der Waals surface area contributed by atoms with Gasteiger partial charge in [-0.2, -0.15) is 0 Å². The molecule has 2 atom stereocenters. The Morgan fingerprint density at radius 3 is 1.69 bits per heavy atom. The van der Waals surface area contributed by atoms with Crippen LogP contribution in [0.4, 0.5) is 4.79 Å². The molecule has 2 aromatic carbocycles. The second kappa shape index (κ2) is 12.2. The lowest BCUT2D eigenvalue weighted by Crippen LogP contribution is -2.42. The van der Waals surface area contributed by atoms with Crippen molar-refractivity contribution in [3.63, 3.8) is 0 Å². The Balaban J connectivity index is 1.40. The highest BCUT2D eigenvalue weighted by Gasteiger charge is 2.44. The fourth-order valence-corrected chi connectivity index (χ4v) is 14.1. The Bertz CT molecular complexity index is 870. The van der Waals surface area contributed by atoms with Gasteiger partial charge in [-0.05, 0) is 73.8 Å². The van der Waals surface area contributed by atoms with E-state index >= 15 is 0 Å². The molecule has 1 saturated heterocycles. The first-order valence-corrected chi connectivity index (χ1v) is 17.0. The number of likely N-dealkylation sites (tertiary alicyclic amines) is 1. The third-order valence-corrected chi connectivity index (χ3v) is 15.2. The molecule has 0 spiro atoms. The van der Waals surface area contributed by atoms with Crippen LogP contribution >= 0.6 is 15.8 Å². The summed E-state index contributed by atoms with van der Waals surface area (Å²) >= 11 is 0. The van der Waals surface area contributed by atoms with Gasteiger partial charge in [0.15, 0.2) is 0 Å². The van der Waals surface area contributed by atoms with Crippen LogP contribution in [0.2, 0.25) is 0 Å². The maximum Gasteiger partial charge on any atom is 0.315 e. The lowest BCUT2D eigenvalue weighted by atomic mass is 9.99. The van der Waals surface area contributed by atoms with Gasteiger partial charge < -0.3 is 10.6 Å². The Hall–Kier alpha value is -1.43. The predicted molar refractivity (Wildman–Crippen MR) is 153 cm³/mol. The maximum atomic E-state index is 12.7. The number of carbonyl (C=O) groups excluding carboxylic acids is 1. The van der Waals surface area contributed by atoms with Gasteiger partial charge >= 0.3 is 6.03 Å². The molecule has 5 heteroatoms. The molecule has 2 amide bonds. The molecule has 2 unspecified atom stereocenters. The smallest absolute Gasteiger partial charge is 0.315 e. The summed E-state index contributed by atoms with van der Waals surface area (Å²) in [5.41, 5.74) is 8.58. The summed E-state index contributed by atoms with van der Waals surface area (Å²) in [7, 11) is -0.575.